The molecule has 18 heavy (non-hydrogen) atoms. The first-order chi connectivity index (χ1) is 8.85. The summed E-state index contributed by atoms with van der Waals surface area (Å²) < 4.78 is 0. The fraction of sp³-hybridized carbons (Fsp3) is 0.467. The Bertz CT molecular complexity index is 375. The fourth-order valence-electron chi connectivity index (χ4n) is 2.35. The molecule has 3 heteroatoms. The van der Waals surface area contributed by atoms with Gasteiger partial charge in [-0.3, -0.25) is 4.90 Å². The van der Waals surface area contributed by atoms with E-state index in [4.69, 9.17) is 11.6 Å². The Labute approximate surface area is 114 Å². The van der Waals surface area contributed by atoms with E-state index in [9.17, 15) is 5.11 Å². The van der Waals surface area contributed by atoms with E-state index in [0.717, 1.165) is 13.1 Å². The van der Waals surface area contributed by atoms with E-state index in [-0.39, 0.29) is 12.6 Å². The van der Waals surface area contributed by atoms with Crippen molar-refractivity contribution in [2.45, 2.75) is 25.4 Å². The normalized spacial score (nSPS) is 17.5. The van der Waals surface area contributed by atoms with Crippen molar-refractivity contribution in [3.8, 4) is 0 Å². The highest BCUT2D eigenvalue weighted by atomic mass is 35.5. The van der Waals surface area contributed by atoms with Crippen LogP contribution < -0.4 is 0 Å². The van der Waals surface area contributed by atoms with Crippen molar-refractivity contribution in [2.75, 3.05) is 13.2 Å². The minimum atomic E-state index is 0.230. The SMILES string of the molecule is OCC(C1CC1)N(C/C=C/Cl)Cc1ccccc1. The van der Waals surface area contributed by atoms with Crippen molar-refractivity contribution in [2.24, 2.45) is 5.92 Å². The van der Waals surface area contributed by atoms with Crippen molar-refractivity contribution >= 4 is 11.6 Å². The van der Waals surface area contributed by atoms with Crippen LogP contribution in [0.25, 0.3) is 0 Å². The zero-order valence-electron chi connectivity index (χ0n) is 10.5. The van der Waals surface area contributed by atoms with E-state index in [1.807, 2.05) is 12.1 Å². The number of halogens is 1. The Kier molecular flexibility index (Phi) is 5.24. The molecule has 1 aliphatic carbocycles. The third-order valence-electron chi connectivity index (χ3n) is 3.48. The number of benzene rings is 1. The average molecular weight is 266 g/mol. The lowest BCUT2D eigenvalue weighted by Crippen LogP contribution is -2.39. The number of aliphatic hydroxyl groups excluding tert-OH is 1. The molecule has 2 nitrogen and oxygen atoms in total. The van der Waals surface area contributed by atoms with Crippen LogP contribution in [-0.4, -0.2) is 29.2 Å². The monoisotopic (exact) mass is 265 g/mol. The molecule has 1 aliphatic rings. The molecule has 1 N–H and O–H groups in total. The second-order valence-corrected chi connectivity index (χ2v) is 5.12. The van der Waals surface area contributed by atoms with E-state index in [1.165, 1.54) is 18.4 Å². The van der Waals surface area contributed by atoms with Crippen LogP contribution >= 0.6 is 11.6 Å². The molecule has 0 aliphatic heterocycles. The van der Waals surface area contributed by atoms with E-state index in [2.05, 4.69) is 29.2 Å². The van der Waals surface area contributed by atoms with E-state index in [1.54, 1.807) is 5.54 Å². The maximum atomic E-state index is 9.59. The Morgan fingerprint density at radius 2 is 2.06 bits per heavy atom. The Balaban J connectivity index is 2.03. The summed E-state index contributed by atoms with van der Waals surface area (Å²) in [5.41, 5.74) is 2.83. The zero-order valence-corrected chi connectivity index (χ0v) is 11.3. The first-order valence-corrected chi connectivity index (χ1v) is 6.93. The van der Waals surface area contributed by atoms with Gasteiger partial charge in [0.25, 0.3) is 0 Å². The summed E-state index contributed by atoms with van der Waals surface area (Å²) in [4.78, 5) is 2.31. The molecule has 98 valence electrons. The molecule has 1 unspecified atom stereocenters. The van der Waals surface area contributed by atoms with E-state index in [0.29, 0.717) is 5.92 Å². The summed E-state index contributed by atoms with van der Waals surface area (Å²) >= 11 is 5.62. The van der Waals surface area contributed by atoms with E-state index < -0.39 is 0 Å². The van der Waals surface area contributed by atoms with Crippen LogP contribution in [0.1, 0.15) is 18.4 Å². The van der Waals surface area contributed by atoms with Crippen LogP contribution in [0, 0.1) is 5.92 Å². The predicted molar refractivity (Wildman–Crippen MR) is 75.4 cm³/mol. The quantitative estimate of drug-likeness (QED) is 0.819. The topological polar surface area (TPSA) is 23.5 Å². The number of hydrogen-bond donors (Lipinski definition) is 1. The third-order valence-corrected chi connectivity index (χ3v) is 3.66. The molecule has 0 heterocycles. The molecule has 1 atom stereocenters. The predicted octanol–water partition coefficient (Wildman–Crippen LogP) is 3.01. The molecule has 1 aromatic carbocycles. The highest BCUT2D eigenvalue weighted by Gasteiger charge is 2.34. The summed E-state index contributed by atoms with van der Waals surface area (Å²) in [5, 5.41) is 9.59. The van der Waals surface area contributed by atoms with Crippen LogP contribution in [0.2, 0.25) is 0 Å². The van der Waals surface area contributed by atoms with Crippen LogP contribution in [0.15, 0.2) is 41.9 Å². The summed E-state index contributed by atoms with van der Waals surface area (Å²) in [6, 6.07) is 10.6. The Hall–Kier alpha value is -0.830. The van der Waals surface area contributed by atoms with Crippen molar-refractivity contribution in [1.82, 2.24) is 4.90 Å². The summed E-state index contributed by atoms with van der Waals surface area (Å²) in [6.07, 6.45) is 4.41. The number of rotatable bonds is 7. The maximum Gasteiger partial charge on any atom is 0.0589 e. The van der Waals surface area contributed by atoms with Crippen LogP contribution in [0.4, 0.5) is 0 Å². The fourth-order valence-corrected chi connectivity index (χ4v) is 2.43. The first-order valence-electron chi connectivity index (χ1n) is 6.49. The molecule has 1 saturated carbocycles. The largest absolute Gasteiger partial charge is 0.395 e. The molecule has 0 spiro atoms. The van der Waals surface area contributed by atoms with Gasteiger partial charge in [0.15, 0.2) is 0 Å². The number of nitrogens with zero attached hydrogens (tertiary/aromatic N) is 1. The Morgan fingerprint density at radius 1 is 1.33 bits per heavy atom. The van der Waals surface area contributed by atoms with Gasteiger partial charge in [-0.2, -0.15) is 0 Å². The van der Waals surface area contributed by atoms with Gasteiger partial charge < -0.3 is 5.11 Å². The molecule has 0 aromatic heterocycles. The van der Waals surface area contributed by atoms with Gasteiger partial charge in [-0.05, 0) is 24.3 Å². The molecule has 0 bridgehead atoms. The summed E-state index contributed by atoms with van der Waals surface area (Å²) in [6.45, 7) is 1.89. The zero-order chi connectivity index (χ0) is 12.8. The molecule has 1 fully saturated rings. The standard InChI is InChI=1S/C15H20ClNO/c16-9-4-10-17(15(12-18)14-7-8-14)11-13-5-2-1-3-6-13/h1-6,9,14-15,18H,7-8,10-12H2/b9-4+. The number of hydrogen-bond acceptors (Lipinski definition) is 2. The van der Waals surface area contributed by atoms with Crippen LogP contribution in [0.3, 0.4) is 0 Å². The second-order valence-electron chi connectivity index (χ2n) is 4.86. The van der Waals surface area contributed by atoms with Gasteiger partial charge in [-0.1, -0.05) is 48.0 Å². The van der Waals surface area contributed by atoms with Crippen LogP contribution in [-0.2, 0) is 6.54 Å². The van der Waals surface area contributed by atoms with Crippen molar-refractivity contribution in [3.63, 3.8) is 0 Å². The lowest BCUT2D eigenvalue weighted by atomic mass is 10.1. The summed E-state index contributed by atoms with van der Waals surface area (Å²) in [7, 11) is 0. The molecule has 0 radical (unpaired) electrons. The Morgan fingerprint density at radius 3 is 2.61 bits per heavy atom. The van der Waals surface area contributed by atoms with Gasteiger partial charge in [-0.15, -0.1) is 0 Å². The molecule has 0 amide bonds. The van der Waals surface area contributed by atoms with Gasteiger partial charge in [-0.25, -0.2) is 0 Å². The van der Waals surface area contributed by atoms with Crippen molar-refractivity contribution in [3.05, 3.63) is 47.5 Å². The lowest BCUT2D eigenvalue weighted by Gasteiger charge is -2.29. The average Bonchev–Trinajstić information content (AvgIpc) is 3.22. The lowest BCUT2D eigenvalue weighted by molar-refractivity contribution is 0.112. The maximum absolute atomic E-state index is 9.59. The van der Waals surface area contributed by atoms with E-state index >= 15 is 0 Å². The minimum absolute atomic E-state index is 0.230. The second kappa shape index (κ2) is 6.93. The van der Waals surface area contributed by atoms with Crippen molar-refractivity contribution in [1.29, 1.82) is 0 Å². The third kappa shape index (κ3) is 3.84. The van der Waals surface area contributed by atoms with Crippen LogP contribution in [0.5, 0.6) is 0 Å². The van der Waals surface area contributed by atoms with Crippen molar-refractivity contribution < 1.29 is 5.11 Å². The number of aliphatic hydroxyl groups is 1. The molecular weight excluding hydrogens is 246 g/mol. The highest BCUT2D eigenvalue weighted by molar-refractivity contribution is 6.25. The highest BCUT2D eigenvalue weighted by Crippen LogP contribution is 2.35. The van der Waals surface area contributed by atoms with Gasteiger partial charge in [0.1, 0.15) is 0 Å². The smallest absolute Gasteiger partial charge is 0.0589 e. The molecule has 1 aromatic rings. The molecular formula is C15H20ClNO. The van der Waals surface area contributed by atoms with Gasteiger partial charge in [0.05, 0.1) is 6.61 Å². The molecule has 0 saturated heterocycles. The summed E-state index contributed by atoms with van der Waals surface area (Å²) in [5.74, 6) is 0.655. The first kappa shape index (κ1) is 13.6. The molecule has 2 rings (SSSR count). The van der Waals surface area contributed by atoms with Gasteiger partial charge in [0.2, 0.25) is 0 Å². The minimum Gasteiger partial charge on any atom is -0.395 e. The van der Waals surface area contributed by atoms with Gasteiger partial charge in [0, 0.05) is 24.7 Å². The van der Waals surface area contributed by atoms with Gasteiger partial charge >= 0.3 is 0 Å².